The van der Waals surface area contributed by atoms with Crippen molar-refractivity contribution in [3.05, 3.63) is 70.3 Å². The molecule has 2 N–H and O–H groups in total. The molecular formula is C23H25N5O3S. The molecule has 0 saturated carbocycles. The minimum Gasteiger partial charge on any atom is -0.495 e. The summed E-state index contributed by atoms with van der Waals surface area (Å²) < 4.78 is 5.51. The van der Waals surface area contributed by atoms with Crippen molar-refractivity contribution in [2.75, 3.05) is 12.0 Å². The van der Waals surface area contributed by atoms with Gasteiger partial charge in [-0.15, -0.1) is 0 Å². The predicted molar refractivity (Wildman–Crippen MR) is 127 cm³/mol. The number of thioether (sulfide) groups is 1. The summed E-state index contributed by atoms with van der Waals surface area (Å²) in [5.41, 5.74) is 9.12. The first-order chi connectivity index (χ1) is 15.6. The molecule has 2 aliphatic heterocycles. The Labute approximate surface area is 191 Å². The molecule has 0 saturated heterocycles. The van der Waals surface area contributed by atoms with Gasteiger partial charge in [0.15, 0.2) is 5.50 Å². The van der Waals surface area contributed by atoms with Crippen LogP contribution in [0.3, 0.4) is 0 Å². The van der Waals surface area contributed by atoms with E-state index >= 15 is 0 Å². The van der Waals surface area contributed by atoms with E-state index < -0.39 is 0 Å². The average molecular weight is 452 g/mol. The number of nitrogens with zero attached hydrogens (tertiary/aromatic N) is 4. The number of ether oxygens (including phenoxy) is 1. The van der Waals surface area contributed by atoms with Gasteiger partial charge >= 0.3 is 0 Å². The largest absolute Gasteiger partial charge is 0.495 e. The van der Waals surface area contributed by atoms with Gasteiger partial charge in [-0.3, -0.25) is 9.69 Å². The van der Waals surface area contributed by atoms with Crippen molar-refractivity contribution >= 4 is 35.9 Å². The lowest BCUT2D eigenvalue weighted by atomic mass is 10.1. The molecule has 9 heteroatoms. The number of methoxy groups -OCH3 is 1. The number of oxime groups is 1. The number of primary amides is 1. The summed E-state index contributed by atoms with van der Waals surface area (Å²) in [5.74, 6) is 0.434. The quantitative estimate of drug-likeness (QED) is 0.462. The number of anilines is 1. The Hall–Kier alpha value is -3.46. The molecule has 4 rings (SSSR count). The number of nitrogens with two attached hydrogens (primary N) is 1. The number of amides is 1. The summed E-state index contributed by atoms with van der Waals surface area (Å²) in [5, 5.41) is 10.7. The SMILES string of the molecule is COc1ccccc1N1C=NN2C(CC=NOCc3ccccc3CC(N)=O)=C(C)SC21. The Morgan fingerprint density at radius 1 is 1.22 bits per heavy atom. The lowest BCUT2D eigenvalue weighted by molar-refractivity contribution is -0.117. The zero-order valence-corrected chi connectivity index (χ0v) is 18.8. The maximum Gasteiger partial charge on any atom is 0.221 e. The second-order valence-corrected chi connectivity index (χ2v) is 8.55. The molecule has 0 spiro atoms. The van der Waals surface area contributed by atoms with Crippen molar-refractivity contribution in [2.45, 2.75) is 31.9 Å². The van der Waals surface area contributed by atoms with E-state index in [2.05, 4.69) is 22.1 Å². The monoisotopic (exact) mass is 451 g/mol. The third-order valence-electron chi connectivity index (χ3n) is 5.21. The molecule has 2 aliphatic rings. The van der Waals surface area contributed by atoms with E-state index in [4.69, 9.17) is 15.3 Å². The Kier molecular flexibility index (Phi) is 6.65. The molecule has 0 aliphatic carbocycles. The Bertz CT molecular complexity index is 1080. The topological polar surface area (TPSA) is 92.8 Å². The second kappa shape index (κ2) is 9.78. The van der Waals surface area contributed by atoms with Crippen molar-refractivity contribution < 1.29 is 14.4 Å². The number of para-hydroxylation sites is 2. The molecule has 2 heterocycles. The highest BCUT2D eigenvalue weighted by molar-refractivity contribution is 8.04. The van der Waals surface area contributed by atoms with Gasteiger partial charge in [0.05, 0.1) is 24.9 Å². The van der Waals surface area contributed by atoms with Crippen molar-refractivity contribution in [1.29, 1.82) is 0 Å². The molecule has 166 valence electrons. The third kappa shape index (κ3) is 4.57. The number of fused-ring (bicyclic) bond motifs is 1. The van der Waals surface area contributed by atoms with Gasteiger partial charge in [0, 0.05) is 17.5 Å². The van der Waals surface area contributed by atoms with E-state index in [1.54, 1.807) is 25.1 Å². The minimum absolute atomic E-state index is 0.0105. The lowest BCUT2D eigenvalue weighted by Gasteiger charge is -2.26. The van der Waals surface area contributed by atoms with Crippen molar-refractivity contribution in [3.8, 4) is 5.75 Å². The molecule has 1 atom stereocenters. The first-order valence-electron chi connectivity index (χ1n) is 10.2. The molecule has 1 amide bonds. The van der Waals surface area contributed by atoms with Gasteiger partial charge in [0.25, 0.3) is 0 Å². The van der Waals surface area contributed by atoms with Gasteiger partial charge in [-0.1, -0.05) is 53.3 Å². The first kappa shape index (κ1) is 21.8. The Morgan fingerprint density at radius 3 is 2.75 bits per heavy atom. The normalized spacial score (nSPS) is 17.4. The van der Waals surface area contributed by atoms with Crippen molar-refractivity contribution in [2.24, 2.45) is 16.0 Å². The summed E-state index contributed by atoms with van der Waals surface area (Å²) >= 11 is 1.74. The standard InChI is InChI=1S/C23H25N5O3S/c1-16-19(11-12-26-31-14-18-8-4-3-7-17(18)13-22(24)29)28-23(32-16)27(15-25-28)20-9-5-6-10-21(20)30-2/h3-10,12,15,23H,11,13-14H2,1-2H3,(H2,24,29). The van der Waals surface area contributed by atoms with Crippen LogP contribution in [0.15, 0.2) is 69.4 Å². The van der Waals surface area contributed by atoms with E-state index in [0.717, 1.165) is 28.3 Å². The lowest BCUT2D eigenvalue weighted by Crippen LogP contribution is -2.33. The van der Waals surface area contributed by atoms with E-state index in [1.807, 2.05) is 59.9 Å². The van der Waals surface area contributed by atoms with Gasteiger partial charge in [0.1, 0.15) is 18.7 Å². The highest BCUT2D eigenvalue weighted by atomic mass is 32.2. The fraction of sp³-hybridized carbons (Fsp3) is 0.261. The van der Waals surface area contributed by atoms with E-state index in [9.17, 15) is 4.79 Å². The van der Waals surface area contributed by atoms with Crippen LogP contribution in [-0.4, -0.2) is 36.1 Å². The molecule has 32 heavy (non-hydrogen) atoms. The molecule has 2 aromatic rings. The van der Waals surface area contributed by atoms with Gasteiger partial charge in [0.2, 0.25) is 5.91 Å². The van der Waals surface area contributed by atoms with Gasteiger partial charge in [-0.2, -0.15) is 5.10 Å². The molecule has 0 radical (unpaired) electrons. The number of allylic oxidation sites excluding steroid dienone is 2. The summed E-state index contributed by atoms with van der Waals surface area (Å²) in [7, 11) is 1.67. The Morgan fingerprint density at radius 2 is 1.97 bits per heavy atom. The van der Waals surface area contributed by atoms with Crippen LogP contribution in [0.4, 0.5) is 5.69 Å². The molecule has 8 nitrogen and oxygen atoms in total. The zero-order chi connectivity index (χ0) is 22.5. The zero-order valence-electron chi connectivity index (χ0n) is 18.0. The van der Waals surface area contributed by atoms with Crippen LogP contribution in [0.5, 0.6) is 5.75 Å². The summed E-state index contributed by atoms with van der Waals surface area (Å²) in [6, 6.07) is 15.5. The Balaban J connectivity index is 1.35. The number of carbonyl (C=O) groups excluding carboxylic acids is 1. The van der Waals surface area contributed by atoms with Crippen LogP contribution in [-0.2, 0) is 22.7 Å². The van der Waals surface area contributed by atoms with Crippen molar-refractivity contribution in [3.63, 3.8) is 0 Å². The van der Waals surface area contributed by atoms with Gasteiger partial charge < -0.3 is 15.3 Å². The highest BCUT2D eigenvalue weighted by Crippen LogP contribution is 2.45. The molecule has 0 bridgehead atoms. The van der Waals surface area contributed by atoms with Crippen LogP contribution in [0.25, 0.3) is 0 Å². The number of hydrazone groups is 1. The summed E-state index contributed by atoms with van der Waals surface area (Å²) in [6.45, 7) is 2.36. The number of rotatable bonds is 9. The third-order valence-corrected chi connectivity index (χ3v) is 6.44. The smallest absolute Gasteiger partial charge is 0.221 e. The summed E-state index contributed by atoms with van der Waals surface area (Å²) in [6.07, 6.45) is 4.34. The fourth-order valence-corrected chi connectivity index (χ4v) is 4.84. The van der Waals surface area contributed by atoms with Crippen LogP contribution in [0, 0.1) is 0 Å². The van der Waals surface area contributed by atoms with Crippen LogP contribution in [0.1, 0.15) is 24.5 Å². The van der Waals surface area contributed by atoms with E-state index in [1.165, 1.54) is 4.91 Å². The molecule has 2 aromatic carbocycles. The first-order valence-corrected chi connectivity index (χ1v) is 11.1. The molecule has 0 fully saturated rings. The second-order valence-electron chi connectivity index (χ2n) is 7.28. The number of benzene rings is 2. The maximum absolute atomic E-state index is 11.2. The summed E-state index contributed by atoms with van der Waals surface area (Å²) in [4.78, 5) is 20.0. The van der Waals surface area contributed by atoms with Gasteiger partial charge in [-0.25, -0.2) is 5.01 Å². The number of hydrogen-bond donors (Lipinski definition) is 1. The predicted octanol–water partition coefficient (Wildman–Crippen LogP) is 3.64. The maximum atomic E-state index is 11.2. The minimum atomic E-state index is -0.370. The van der Waals surface area contributed by atoms with Crippen LogP contribution >= 0.6 is 11.8 Å². The number of hydrogen-bond acceptors (Lipinski definition) is 8. The van der Waals surface area contributed by atoms with E-state index in [-0.39, 0.29) is 24.4 Å². The number of carbonyl (C=O) groups is 1. The average Bonchev–Trinajstić information content (AvgIpc) is 3.32. The van der Waals surface area contributed by atoms with Crippen molar-refractivity contribution in [1.82, 2.24) is 5.01 Å². The molecular weight excluding hydrogens is 426 g/mol. The van der Waals surface area contributed by atoms with Gasteiger partial charge in [-0.05, 0) is 30.2 Å². The molecule has 1 unspecified atom stereocenters. The van der Waals surface area contributed by atoms with Crippen LogP contribution < -0.4 is 15.4 Å². The van der Waals surface area contributed by atoms with Crippen LogP contribution in [0.2, 0.25) is 0 Å². The van der Waals surface area contributed by atoms with E-state index in [0.29, 0.717) is 6.42 Å². The fourth-order valence-electron chi connectivity index (χ4n) is 3.64. The highest BCUT2D eigenvalue weighted by Gasteiger charge is 2.39. The molecule has 0 aromatic heterocycles.